The third-order valence-corrected chi connectivity index (χ3v) is 3.80. The summed E-state index contributed by atoms with van der Waals surface area (Å²) >= 11 is 5.05. The maximum absolute atomic E-state index is 5.05. The van der Waals surface area contributed by atoms with Crippen LogP contribution in [0.25, 0.3) is 0 Å². The molecule has 0 saturated carbocycles. The summed E-state index contributed by atoms with van der Waals surface area (Å²) in [6.07, 6.45) is 19.5. The van der Waals surface area contributed by atoms with Gasteiger partial charge in [0.2, 0.25) is 0 Å². The number of hydroxylamine groups is 1. The number of halogens is 1. The van der Waals surface area contributed by atoms with Gasteiger partial charge >= 0.3 is 29.6 Å². The molecule has 2 nitrogen and oxygen atoms in total. The van der Waals surface area contributed by atoms with E-state index in [1.54, 1.807) is 0 Å². The zero-order chi connectivity index (χ0) is 14.0. The van der Waals surface area contributed by atoms with E-state index in [4.69, 9.17) is 11.9 Å². The minimum atomic E-state index is 0. The summed E-state index contributed by atoms with van der Waals surface area (Å²) in [5, 5.41) is 0. The van der Waals surface area contributed by atoms with Crippen molar-refractivity contribution in [3.63, 3.8) is 0 Å². The van der Waals surface area contributed by atoms with Crippen molar-refractivity contribution >= 4 is 41.4 Å². The molecule has 0 aromatic carbocycles. The summed E-state index contributed by atoms with van der Waals surface area (Å²) in [4.78, 5) is 0. The van der Waals surface area contributed by atoms with Gasteiger partial charge < -0.3 is 0 Å². The van der Waals surface area contributed by atoms with Gasteiger partial charge in [0.1, 0.15) is 0 Å². The molecule has 0 amide bonds. The Morgan fingerprint density at radius 3 is 1.35 bits per heavy atom. The van der Waals surface area contributed by atoms with E-state index in [9.17, 15) is 0 Å². The van der Waals surface area contributed by atoms with Crippen molar-refractivity contribution in [2.45, 2.75) is 96.8 Å². The van der Waals surface area contributed by atoms with E-state index in [0.717, 1.165) is 13.0 Å². The number of hydrogen-bond donors (Lipinski definition) is 1. The monoisotopic (exact) mass is 315 g/mol. The van der Waals surface area contributed by atoms with Crippen LogP contribution >= 0.6 is 11.9 Å². The third kappa shape index (κ3) is 21.5. The van der Waals surface area contributed by atoms with E-state index >= 15 is 0 Å². The fourth-order valence-corrected chi connectivity index (χ4v) is 2.51. The molecule has 0 unspecified atom stereocenters. The molecule has 0 aliphatic carbocycles. The Morgan fingerprint density at radius 1 is 0.650 bits per heavy atom. The van der Waals surface area contributed by atoms with Crippen molar-refractivity contribution in [3.05, 3.63) is 0 Å². The first-order valence-corrected chi connectivity index (χ1v) is 8.73. The summed E-state index contributed by atoms with van der Waals surface area (Å²) in [5.41, 5.74) is 2.66. The van der Waals surface area contributed by atoms with Gasteiger partial charge in [0.05, 0.1) is 11.9 Å². The Kier molecular flexibility index (Phi) is 26.4. The van der Waals surface area contributed by atoms with E-state index < -0.39 is 0 Å². The van der Waals surface area contributed by atoms with Crippen molar-refractivity contribution in [2.75, 3.05) is 6.54 Å². The summed E-state index contributed by atoms with van der Waals surface area (Å²) in [5.74, 6) is 0. The average Bonchev–Trinajstić information content (AvgIpc) is 2.43. The van der Waals surface area contributed by atoms with E-state index in [-0.39, 0.29) is 29.6 Å². The molecule has 20 heavy (non-hydrogen) atoms. The molecule has 0 fully saturated rings. The molecule has 0 radical (unpaired) electrons. The Balaban J connectivity index is 0. The first-order valence-electron chi connectivity index (χ1n) is 8.42. The third-order valence-electron chi connectivity index (χ3n) is 3.69. The van der Waals surface area contributed by atoms with Crippen LogP contribution in [0.1, 0.15) is 96.8 Å². The predicted octanol–water partition coefficient (Wildman–Crippen LogP) is 5.49. The molecule has 0 bridgehead atoms. The molecule has 1 N–H and O–H groups in total. The van der Waals surface area contributed by atoms with Crippen molar-refractivity contribution in [1.29, 1.82) is 0 Å². The van der Waals surface area contributed by atoms with Crippen LogP contribution in [0, 0.1) is 0 Å². The SMILES string of the molecule is CCCCCCCCCCCCCCCCNOCl.[NaH]. The van der Waals surface area contributed by atoms with Gasteiger partial charge in [-0.25, -0.2) is 0 Å². The van der Waals surface area contributed by atoms with Gasteiger partial charge in [-0.1, -0.05) is 90.4 Å². The zero-order valence-electron chi connectivity index (χ0n) is 12.9. The number of hydrogen-bond acceptors (Lipinski definition) is 2. The second-order valence-electron chi connectivity index (χ2n) is 5.57. The average molecular weight is 316 g/mol. The molecule has 0 heterocycles. The quantitative estimate of drug-likeness (QED) is 0.231. The fraction of sp³-hybridized carbons (Fsp3) is 1.00. The van der Waals surface area contributed by atoms with Gasteiger partial charge in [0, 0.05) is 6.54 Å². The standard InChI is InChI=1S/C16H34ClNO.Na.H/c1-2-3-4-5-6-7-8-9-10-11-12-13-14-15-16-18-19-17;;/h18H,2-16H2,1H3;;. The zero-order valence-corrected chi connectivity index (χ0v) is 13.6. The number of nitrogens with one attached hydrogen (secondary N) is 1. The van der Waals surface area contributed by atoms with Gasteiger partial charge in [0.15, 0.2) is 0 Å². The van der Waals surface area contributed by atoms with Gasteiger partial charge in [0.25, 0.3) is 0 Å². The second-order valence-corrected chi connectivity index (χ2v) is 5.72. The van der Waals surface area contributed by atoms with E-state index in [1.165, 1.54) is 83.5 Å². The van der Waals surface area contributed by atoms with Crippen LogP contribution in [0.2, 0.25) is 0 Å². The summed E-state index contributed by atoms with van der Waals surface area (Å²) in [6.45, 7) is 3.14. The van der Waals surface area contributed by atoms with Crippen LogP contribution in [0.4, 0.5) is 0 Å². The molecule has 0 atom stereocenters. The number of rotatable bonds is 16. The van der Waals surface area contributed by atoms with E-state index in [0.29, 0.717) is 0 Å². The molecule has 118 valence electrons. The van der Waals surface area contributed by atoms with Crippen LogP contribution in [0.15, 0.2) is 0 Å². The summed E-state index contributed by atoms with van der Waals surface area (Å²) in [6, 6.07) is 0. The Bertz CT molecular complexity index is 145. The Morgan fingerprint density at radius 2 is 1.00 bits per heavy atom. The first kappa shape index (κ1) is 23.5. The molecule has 0 rings (SSSR count). The molecule has 4 heteroatoms. The van der Waals surface area contributed by atoms with E-state index in [1.807, 2.05) is 0 Å². The fourth-order valence-electron chi connectivity index (χ4n) is 2.43. The van der Waals surface area contributed by atoms with Crippen LogP contribution in [0.5, 0.6) is 0 Å². The van der Waals surface area contributed by atoms with Crippen molar-refractivity contribution < 1.29 is 4.39 Å². The molecule has 0 aliphatic rings. The summed E-state index contributed by atoms with van der Waals surface area (Å²) in [7, 11) is 0. The van der Waals surface area contributed by atoms with Crippen LogP contribution in [-0.4, -0.2) is 36.1 Å². The normalized spacial score (nSPS) is 10.5. The number of unbranched alkanes of at least 4 members (excludes halogenated alkanes) is 13. The van der Waals surface area contributed by atoms with Gasteiger partial charge in [-0.3, -0.25) is 0 Å². The van der Waals surface area contributed by atoms with Gasteiger partial charge in [-0.15, -0.1) is 0 Å². The molecular weight excluding hydrogens is 281 g/mol. The molecule has 0 aromatic rings. The van der Waals surface area contributed by atoms with Gasteiger partial charge in [-0.2, -0.15) is 9.87 Å². The summed E-state index contributed by atoms with van der Waals surface area (Å²) < 4.78 is 4.28. The van der Waals surface area contributed by atoms with Crippen molar-refractivity contribution in [3.8, 4) is 0 Å². The maximum atomic E-state index is 5.05. The van der Waals surface area contributed by atoms with Crippen LogP contribution in [0.3, 0.4) is 0 Å². The van der Waals surface area contributed by atoms with E-state index in [2.05, 4.69) is 16.8 Å². The van der Waals surface area contributed by atoms with Crippen LogP contribution < -0.4 is 5.48 Å². The molecule has 0 aliphatic heterocycles. The molecule has 0 spiro atoms. The molecular formula is C16H35ClNNaO. The minimum absolute atomic E-state index is 0. The van der Waals surface area contributed by atoms with Crippen LogP contribution in [-0.2, 0) is 4.39 Å². The Labute approximate surface area is 154 Å². The van der Waals surface area contributed by atoms with Crippen molar-refractivity contribution in [2.24, 2.45) is 0 Å². The topological polar surface area (TPSA) is 21.3 Å². The Hall–Kier alpha value is 1.21. The molecule has 0 saturated heterocycles. The predicted molar refractivity (Wildman–Crippen MR) is 92.4 cm³/mol. The van der Waals surface area contributed by atoms with Gasteiger partial charge in [-0.05, 0) is 6.42 Å². The first-order chi connectivity index (χ1) is 9.41. The molecule has 0 aromatic heterocycles. The van der Waals surface area contributed by atoms with Crippen molar-refractivity contribution in [1.82, 2.24) is 5.48 Å². The second kappa shape index (κ2) is 22.5.